The maximum atomic E-state index is 14.5. The van der Waals surface area contributed by atoms with Crippen molar-refractivity contribution in [2.45, 2.75) is 78.4 Å². The quantitative estimate of drug-likeness (QED) is 0.316. The highest BCUT2D eigenvalue weighted by molar-refractivity contribution is 7.92. The number of hydrogen-bond acceptors (Lipinski definition) is 9. The average molecular weight is 664 g/mol. The molecule has 0 radical (unpaired) electrons. The molecule has 2 atom stereocenters. The van der Waals surface area contributed by atoms with E-state index < -0.39 is 42.8 Å². The fraction of sp³-hybridized carbons (Fsp3) is 0.516. The lowest BCUT2D eigenvalue weighted by Gasteiger charge is -2.38. The van der Waals surface area contributed by atoms with Crippen LogP contribution in [-0.2, 0) is 31.1 Å². The van der Waals surface area contributed by atoms with Crippen molar-refractivity contribution >= 4 is 30.8 Å². The van der Waals surface area contributed by atoms with E-state index >= 15 is 0 Å². The molecule has 2 N–H and O–H groups in total. The summed E-state index contributed by atoms with van der Waals surface area (Å²) in [6, 6.07) is 10.4. The number of nitrogens with one attached hydrogen (secondary N) is 1. The van der Waals surface area contributed by atoms with Crippen LogP contribution in [0.1, 0.15) is 39.0 Å². The van der Waals surface area contributed by atoms with Crippen molar-refractivity contribution in [1.29, 1.82) is 0 Å². The molecule has 1 saturated carbocycles. The van der Waals surface area contributed by atoms with Crippen LogP contribution in [0.3, 0.4) is 0 Å². The number of nitrogens with zero attached hydrogens (tertiary/aromatic N) is 2. The molecule has 14 heteroatoms. The Balaban J connectivity index is 1.02. The molecule has 3 heterocycles. The number of benzene rings is 2. The number of rotatable bonds is 11. The lowest BCUT2D eigenvalue weighted by Crippen LogP contribution is -2.47. The summed E-state index contributed by atoms with van der Waals surface area (Å²) in [4.78, 5) is 13.1. The van der Waals surface area contributed by atoms with Crippen LogP contribution in [0.25, 0.3) is 10.9 Å². The second kappa shape index (κ2) is 12.4. The first kappa shape index (κ1) is 32.1. The number of fused-ring (bicyclic) bond motifs is 1. The molecule has 45 heavy (non-hydrogen) atoms. The summed E-state index contributed by atoms with van der Waals surface area (Å²) in [5, 5.41) is 13.5. The SMILES string of the molecule is CCn1cc(S(=O)(=O)N2CCC3(CC2)C[C@@H](NCC(O)COc2cccc(S(=O)(=O)C4CC4)c2)CO3)c(=O)c2cccc(F)c21. The number of aliphatic hydroxyl groups is 1. The molecule has 1 unspecified atom stereocenters. The number of halogens is 1. The Morgan fingerprint density at radius 3 is 2.58 bits per heavy atom. The van der Waals surface area contributed by atoms with E-state index in [0.717, 1.165) is 0 Å². The van der Waals surface area contributed by atoms with E-state index in [2.05, 4.69) is 5.32 Å². The van der Waals surface area contributed by atoms with Crippen LogP contribution in [0.15, 0.2) is 63.2 Å². The lowest BCUT2D eigenvalue weighted by molar-refractivity contribution is -0.0312. The Kier molecular flexibility index (Phi) is 8.82. The second-order valence-electron chi connectivity index (χ2n) is 12.1. The number of piperidine rings is 1. The fourth-order valence-electron chi connectivity index (χ4n) is 6.28. The predicted molar refractivity (Wildman–Crippen MR) is 165 cm³/mol. The van der Waals surface area contributed by atoms with E-state index in [0.29, 0.717) is 51.0 Å². The van der Waals surface area contributed by atoms with Gasteiger partial charge in [-0.3, -0.25) is 4.79 Å². The summed E-state index contributed by atoms with van der Waals surface area (Å²) in [6.07, 6.45) is 3.27. The molecule has 1 spiro atoms. The molecule has 3 aromatic rings. The summed E-state index contributed by atoms with van der Waals surface area (Å²) in [5.41, 5.74) is -1.14. The van der Waals surface area contributed by atoms with Crippen LogP contribution in [-0.4, -0.2) is 86.7 Å². The van der Waals surface area contributed by atoms with Gasteiger partial charge in [0.15, 0.2) is 9.84 Å². The zero-order chi connectivity index (χ0) is 32.0. The minimum atomic E-state index is -4.13. The van der Waals surface area contributed by atoms with Crippen molar-refractivity contribution in [2.75, 3.05) is 32.8 Å². The minimum absolute atomic E-state index is 0.0212. The number of aliphatic hydroxyl groups excluding tert-OH is 1. The fourth-order valence-corrected chi connectivity index (χ4v) is 9.52. The Bertz CT molecular complexity index is 1850. The zero-order valence-corrected chi connectivity index (χ0v) is 26.7. The topological polar surface area (TPSA) is 144 Å². The monoisotopic (exact) mass is 663 g/mol. The number of aryl methyl sites for hydroxylation is 1. The first-order valence-corrected chi connectivity index (χ1v) is 18.3. The number of hydrogen-bond donors (Lipinski definition) is 2. The highest BCUT2D eigenvalue weighted by atomic mass is 32.2. The van der Waals surface area contributed by atoms with E-state index in [1.807, 2.05) is 0 Å². The maximum Gasteiger partial charge on any atom is 0.248 e. The number of ether oxygens (including phenoxy) is 2. The normalized spacial score (nSPS) is 21.4. The summed E-state index contributed by atoms with van der Waals surface area (Å²) >= 11 is 0. The van der Waals surface area contributed by atoms with Gasteiger partial charge in [0.2, 0.25) is 15.5 Å². The largest absolute Gasteiger partial charge is 0.491 e. The molecule has 0 bridgehead atoms. The molecule has 6 rings (SSSR count). The van der Waals surface area contributed by atoms with Crippen LogP contribution >= 0.6 is 0 Å². The third-order valence-electron chi connectivity index (χ3n) is 9.00. The van der Waals surface area contributed by atoms with E-state index in [1.54, 1.807) is 25.1 Å². The van der Waals surface area contributed by atoms with Gasteiger partial charge in [0.25, 0.3) is 0 Å². The van der Waals surface area contributed by atoms with E-state index in [9.17, 15) is 31.1 Å². The minimum Gasteiger partial charge on any atom is -0.491 e. The van der Waals surface area contributed by atoms with Gasteiger partial charge in [-0.1, -0.05) is 12.1 Å². The van der Waals surface area contributed by atoms with E-state index in [1.165, 1.54) is 39.3 Å². The van der Waals surface area contributed by atoms with Gasteiger partial charge in [-0.25, -0.2) is 21.2 Å². The van der Waals surface area contributed by atoms with Crippen LogP contribution < -0.4 is 15.5 Å². The number of sulfone groups is 1. The third kappa shape index (κ3) is 6.41. The predicted octanol–water partition coefficient (Wildman–Crippen LogP) is 2.44. The Morgan fingerprint density at radius 1 is 1.13 bits per heavy atom. The van der Waals surface area contributed by atoms with Crippen molar-refractivity contribution in [2.24, 2.45) is 0 Å². The molecule has 2 aliphatic heterocycles. The molecular formula is C31H38FN3O8S2. The smallest absolute Gasteiger partial charge is 0.248 e. The van der Waals surface area contributed by atoms with Crippen molar-refractivity contribution in [1.82, 2.24) is 14.2 Å². The Labute approximate surface area is 261 Å². The molecule has 1 aliphatic carbocycles. The molecule has 0 amide bonds. The lowest BCUT2D eigenvalue weighted by atomic mass is 9.88. The highest BCUT2D eigenvalue weighted by Gasteiger charge is 2.45. The summed E-state index contributed by atoms with van der Waals surface area (Å²) in [6.45, 7) is 3.02. The molecule has 3 aliphatic rings. The van der Waals surface area contributed by atoms with Gasteiger partial charge in [-0.2, -0.15) is 4.31 Å². The van der Waals surface area contributed by atoms with Crippen LogP contribution in [0.5, 0.6) is 5.75 Å². The molecule has 1 aromatic heterocycles. The molecular weight excluding hydrogens is 625 g/mol. The van der Waals surface area contributed by atoms with Crippen molar-refractivity contribution < 1.29 is 35.8 Å². The number of pyridine rings is 1. The molecule has 3 fully saturated rings. The Hall–Kier alpha value is -2.88. The second-order valence-corrected chi connectivity index (χ2v) is 16.3. The number of para-hydroxylation sites is 1. The van der Waals surface area contributed by atoms with Crippen LogP contribution in [0.2, 0.25) is 0 Å². The van der Waals surface area contributed by atoms with Gasteiger partial charge in [0.1, 0.15) is 29.2 Å². The number of aromatic nitrogens is 1. The van der Waals surface area contributed by atoms with Crippen LogP contribution in [0.4, 0.5) is 4.39 Å². The van der Waals surface area contributed by atoms with Gasteiger partial charge in [0, 0.05) is 38.4 Å². The average Bonchev–Trinajstić information content (AvgIpc) is 3.83. The first-order chi connectivity index (χ1) is 21.4. The first-order valence-electron chi connectivity index (χ1n) is 15.3. The van der Waals surface area contributed by atoms with Crippen molar-refractivity contribution in [3.05, 3.63) is 64.7 Å². The van der Waals surface area contributed by atoms with Gasteiger partial charge in [-0.15, -0.1) is 0 Å². The van der Waals surface area contributed by atoms with Gasteiger partial charge >= 0.3 is 0 Å². The molecule has 2 saturated heterocycles. The van der Waals surface area contributed by atoms with Crippen LogP contribution in [0, 0.1) is 5.82 Å². The van der Waals surface area contributed by atoms with Gasteiger partial charge in [0.05, 0.1) is 33.3 Å². The summed E-state index contributed by atoms with van der Waals surface area (Å²) in [7, 11) is -7.46. The third-order valence-corrected chi connectivity index (χ3v) is 13.2. The Morgan fingerprint density at radius 2 is 1.87 bits per heavy atom. The standard InChI is InChI=1S/C31H38FN3O8S2/c1-2-34-18-28(30(37)26-7-4-8-27(32)29(26)34)45(40,41)35-13-11-31(12-14-35)16-21(19-43-31)33-17-22(36)20-42-23-5-3-6-25(15-23)44(38,39)24-9-10-24/h3-8,15,18,21-22,24,33,36H,2,9-14,16-17,19-20H2,1H3/t21-,22?/m1/s1. The summed E-state index contributed by atoms with van der Waals surface area (Å²) < 4.78 is 81.3. The van der Waals surface area contributed by atoms with Crippen molar-refractivity contribution in [3.63, 3.8) is 0 Å². The number of sulfonamides is 1. The van der Waals surface area contributed by atoms with Gasteiger partial charge < -0.3 is 24.5 Å². The molecule has 244 valence electrons. The zero-order valence-electron chi connectivity index (χ0n) is 25.0. The maximum absolute atomic E-state index is 14.5. The van der Waals surface area contributed by atoms with E-state index in [-0.39, 0.29) is 58.2 Å². The molecule has 2 aromatic carbocycles. The van der Waals surface area contributed by atoms with Gasteiger partial charge in [-0.05, 0) is 69.4 Å². The van der Waals surface area contributed by atoms with E-state index in [4.69, 9.17) is 9.47 Å². The van der Waals surface area contributed by atoms with Crippen molar-refractivity contribution in [3.8, 4) is 5.75 Å². The molecule has 11 nitrogen and oxygen atoms in total. The summed E-state index contributed by atoms with van der Waals surface area (Å²) in [5.74, 6) is -0.200. The highest BCUT2D eigenvalue weighted by Crippen LogP contribution is 2.37.